The summed E-state index contributed by atoms with van der Waals surface area (Å²) in [6.07, 6.45) is 1.63. The number of aromatic nitrogens is 1. The van der Waals surface area contributed by atoms with Gasteiger partial charge in [0.1, 0.15) is 5.84 Å². The number of amidine groups is 1. The van der Waals surface area contributed by atoms with Crippen LogP contribution in [0.15, 0.2) is 10.9 Å². The van der Waals surface area contributed by atoms with Crippen LogP contribution >= 0.6 is 0 Å². The van der Waals surface area contributed by atoms with Crippen LogP contribution in [0.2, 0.25) is 0 Å². The van der Waals surface area contributed by atoms with Gasteiger partial charge >= 0.3 is 0 Å². The SMILES string of the molecule is COCCCn1c2c(cc(C(=N)N)c1=O)CN(C)CC2. The lowest BCUT2D eigenvalue weighted by Crippen LogP contribution is -2.37. The van der Waals surface area contributed by atoms with E-state index in [0.29, 0.717) is 18.7 Å². The highest BCUT2D eigenvalue weighted by Gasteiger charge is 2.20. The standard InChI is InChI=1S/C14H22N4O2/c1-17-6-4-12-10(9-17)8-11(13(15)16)14(19)18(12)5-3-7-20-2/h8H,3-7,9H2,1-2H3,(H3,15,16). The van der Waals surface area contributed by atoms with Crippen molar-refractivity contribution in [1.29, 1.82) is 5.41 Å². The number of nitrogens with zero attached hydrogens (tertiary/aromatic N) is 2. The van der Waals surface area contributed by atoms with Gasteiger partial charge in [0.15, 0.2) is 0 Å². The van der Waals surface area contributed by atoms with Crippen molar-refractivity contribution in [3.8, 4) is 0 Å². The average molecular weight is 278 g/mol. The summed E-state index contributed by atoms with van der Waals surface area (Å²) in [5, 5.41) is 7.58. The van der Waals surface area contributed by atoms with Gasteiger partial charge in [-0.25, -0.2) is 0 Å². The van der Waals surface area contributed by atoms with Crippen molar-refractivity contribution < 1.29 is 4.74 Å². The molecule has 1 aromatic heterocycles. The van der Waals surface area contributed by atoms with Crippen molar-refractivity contribution in [2.24, 2.45) is 5.73 Å². The minimum absolute atomic E-state index is 0.156. The van der Waals surface area contributed by atoms with E-state index in [0.717, 1.165) is 37.2 Å². The van der Waals surface area contributed by atoms with Gasteiger partial charge in [-0.3, -0.25) is 10.2 Å². The Morgan fingerprint density at radius 3 is 2.95 bits per heavy atom. The molecule has 20 heavy (non-hydrogen) atoms. The maximum Gasteiger partial charge on any atom is 0.261 e. The maximum atomic E-state index is 12.4. The third kappa shape index (κ3) is 2.91. The van der Waals surface area contributed by atoms with Gasteiger partial charge in [-0.15, -0.1) is 0 Å². The Morgan fingerprint density at radius 2 is 2.30 bits per heavy atom. The Hall–Kier alpha value is -1.66. The molecule has 0 atom stereocenters. The third-order valence-electron chi connectivity index (χ3n) is 3.68. The monoisotopic (exact) mass is 278 g/mol. The van der Waals surface area contributed by atoms with Crippen LogP contribution in [-0.4, -0.2) is 42.6 Å². The second-order valence-electron chi connectivity index (χ2n) is 5.23. The summed E-state index contributed by atoms with van der Waals surface area (Å²) in [5.41, 5.74) is 7.86. The fourth-order valence-corrected chi connectivity index (χ4v) is 2.66. The van der Waals surface area contributed by atoms with E-state index in [1.165, 1.54) is 0 Å². The number of ether oxygens (including phenoxy) is 1. The molecule has 0 saturated heterocycles. The highest BCUT2D eigenvalue weighted by atomic mass is 16.5. The first-order valence-corrected chi connectivity index (χ1v) is 6.82. The van der Waals surface area contributed by atoms with Gasteiger partial charge in [0.2, 0.25) is 0 Å². The molecule has 0 radical (unpaired) electrons. The van der Waals surface area contributed by atoms with Gasteiger partial charge in [-0.2, -0.15) is 0 Å². The number of nitrogens with one attached hydrogen (secondary N) is 1. The molecule has 1 aliphatic heterocycles. The normalized spacial score (nSPS) is 15.1. The minimum atomic E-state index is -0.161. The molecule has 1 aromatic rings. The number of nitrogens with two attached hydrogens (primary N) is 1. The molecular formula is C14H22N4O2. The fraction of sp³-hybridized carbons (Fsp3) is 0.571. The second-order valence-corrected chi connectivity index (χ2v) is 5.23. The van der Waals surface area contributed by atoms with Crippen LogP contribution in [0.1, 0.15) is 23.2 Å². The fourth-order valence-electron chi connectivity index (χ4n) is 2.66. The van der Waals surface area contributed by atoms with Gasteiger partial charge in [-0.1, -0.05) is 0 Å². The number of nitrogen functional groups attached to an aromatic ring is 1. The van der Waals surface area contributed by atoms with Crippen molar-refractivity contribution in [2.75, 3.05) is 27.3 Å². The van der Waals surface area contributed by atoms with Gasteiger partial charge < -0.3 is 19.9 Å². The first kappa shape index (κ1) is 14.7. The Bertz CT molecular complexity index is 565. The first-order valence-electron chi connectivity index (χ1n) is 6.82. The van der Waals surface area contributed by atoms with Crippen molar-refractivity contribution in [3.05, 3.63) is 33.2 Å². The number of rotatable bonds is 5. The van der Waals surface area contributed by atoms with Gasteiger partial charge in [0, 0.05) is 45.5 Å². The van der Waals surface area contributed by atoms with E-state index < -0.39 is 0 Å². The molecule has 0 amide bonds. The van der Waals surface area contributed by atoms with E-state index in [2.05, 4.69) is 11.9 Å². The van der Waals surface area contributed by atoms with Gasteiger partial charge in [0.05, 0.1) is 5.56 Å². The molecule has 0 bridgehead atoms. The summed E-state index contributed by atoms with van der Waals surface area (Å²) in [4.78, 5) is 14.7. The van der Waals surface area contributed by atoms with Gasteiger partial charge in [0.25, 0.3) is 5.56 Å². The van der Waals surface area contributed by atoms with E-state index in [-0.39, 0.29) is 11.4 Å². The Morgan fingerprint density at radius 1 is 1.55 bits per heavy atom. The lowest BCUT2D eigenvalue weighted by Gasteiger charge is -2.28. The topological polar surface area (TPSA) is 84.3 Å². The molecule has 0 unspecified atom stereocenters. The largest absolute Gasteiger partial charge is 0.385 e. The van der Waals surface area contributed by atoms with E-state index >= 15 is 0 Å². The number of fused-ring (bicyclic) bond motifs is 1. The van der Waals surface area contributed by atoms with Crippen LogP contribution in [-0.2, 0) is 24.2 Å². The minimum Gasteiger partial charge on any atom is -0.385 e. The van der Waals surface area contributed by atoms with E-state index in [9.17, 15) is 4.79 Å². The van der Waals surface area contributed by atoms with E-state index in [1.807, 2.05) is 0 Å². The molecule has 1 aliphatic rings. The number of hydrogen-bond donors (Lipinski definition) is 2. The van der Waals surface area contributed by atoms with Crippen molar-refractivity contribution in [1.82, 2.24) is 9.47 Å². The molecule has 0 fully saturated rings. The zero-order chi connectivity index (χ0) is 14.7. The zero-order valence-corrected chi connectivity index (χ0v) is 12.1. The van der Waals surface area contributed by atoms with Crippen LogP contribution in [0.25, 0.3) is 0 Å². The maximum absolute atomic E-state index is 12.4. The molecule has 0 aromatic carbocycles. The molecule has 2 heterocycles. The summed E-state index contributed by atoms with van der Waals surface area (Å²) in [6, 6.07) is 1.78. The Balaban J connectivity index is 2.46. The lowest BCUT2D eigenvalue weighted by molar-refractivity contribution is 0.189. The number of methoxy groups -OCH3 is 1. The third-order valence-corrected chi connectivity index (χ3v) is 3.68. The molecule has 6 heteroatoms. The average Bonchev–Trinajstić information content (AvgIpc) is 2.40. The first-order chi connectivity index (χ1) is 9.54. The van der Waals surface area contributed by atoms with E-state index in [4.69, 9.17) is 15.9 Å². The van der Waals surface area contributed by atoms with E-state index in [1.54, 1.807) is 17.7 Å². The molecule has 6 nitrogen and oxygen atoms in total. The smallest absolute Gasteiger partial charge is 0.261 e. The van der Waals surface area contributed by atoms with Crippen LogP contribution < -0.4 is 11.3 Å². The highest BCUT2D eigenvalue weighted by Crippen LogP contribution is 2.18. The Labute approximate surface area is 118 Å². The number of hydrogen-bond acceptors (Lipinski definition) is 4. The zero-order valence-electron chi connectivity index (χ0n) is 12.1. The molecular weight excluding hydrogens is 256 g/mol. The quantitative estimate of drug-likeness (QED) is 0.456. The molecule has 110 valence electrons. The number of likely N-dealkylation sites (N-methyl/N-ethyl adjacent to an activating group) is 1. The predicted molar refractivity (Wildman–Crippen MR) is 78.2 cm³/mol. The van der Waals surface area contributed by atoms with Crippen molar-refractivity contribution >= 4 is 5.84 Å². The second kappa shape index (κ2) is 6.19. The molecule has 0 saturated carbocycles. The summed E-state index contributed by atoms with van der Waals surface area (Å²) in [7, 11) is 3.70. The summed E-state index contributed by atoms with van der Waals surface area (Å²) in [6.45, 7) is 2.96. The Kier molecular flexibility index (Phi) is 4.57. The van der Waals surface area contributed by atoms with Crippen LogP contribution in [0.5, 0.6) is 0 Å². The molecule has 2 rings (SSSR count). The van der Waals surface area contributed by atoms with Crippen molar-refractivity contribution in [2.45, 2.75) is 25.9 Å². The molecule has 0 spiro atoms. The van der Waals surface area contributed by atoms with Crippen LogP contribution in [0, 0.1) is 5.41 Å². The highest BCUT2D eigenvalue weighted by molar-refractivity contribution is 5.94. The van der Waals surface area contributed by atoms with Crippen LogP contribution in [0.4, 0.5) is 0 Å². The summed E-state index contributed by atoms with van der Waals surface area (Å²) < 4.78 is 6.83. The lowest BCUT2D eigenvalue weighted by atomic mass is 10.0. The summed E-state index contributed by atoms with van der Waals surface area (Å²) in [5.74, 6) is -0.161. The predicted octanol–water partition coefficient (Wildman–Crippen LogP) is 0.157. The molecule has 0 aliphatic carbocycles. The molecule has 3 N–H and O–H groups in total. The van der Waals surface area contributed by atoms with Crippen molar-refractivity contribution in [3.63, 3.8) is 0 Å². The number of pyridine rings is 1. The summed E-state index contributed by atoms with van der Waals surface area (Å²) >= 11 is 0. The van der Waals surface area contributed by atoms with Gasteiger partial charge in [-0.05, 0) is 25.1 Å². The van der Waals surface area contributed by atoms with Crippen LogP contribution in [0.3, 0.4) is 0 Å².